The fourth-order valence-corrected chi connectivity index (χ4v) is 6.52. The number of hydrogen-bond acceptors (Lipinski definition) is 7. The van der Waals surface area contributed by atoms with Crippen LogP contribution in [0.2, 0.25) is 0 Å². The molecule has 5 nitrogen and oxygen atoms in total. The van der Waals surface area contributed by atoms with Gasteiger partial charge in [-0.2, -0.15) is 0 Å². The van der Waals surface area contributed by atoms with E-state index in [2.05, 4.69) is 28.2 Å². The number of pyridine rings is 1. The predicted molar refractivity (Wildman–Crippen MR) is 151 cm³/mol. The number of aryl methyl sites for hydroxylation is 3. The summed E-state index contributed by atoms with van der Waals surface area (Å²) in [5, 5.41) is 12.8. The maximum absolute atomic E-state index is 12.8. The van der Waals surface area contributed by atoms with Crippen molar-refractivity contribution in [1.82, 2.24) is 4.98 Å². The number of aromatic hydroxyl groups is 1. The van der Waals surface area contributed by atoms with Crippen molar-refractivity contribution in [1.29, 1.82) is 0 Å². The Hall–Kier alpha value is -3.42. The summed E-state index contributed by atoms with van der Waals surface area (Å²) in [6.07, 6.45) is 9.13. The van der Waals surface area contributed by atoms with Gasteiger partial charge in [0.1, 0.15) is 12.3 Å². The first kappa shape index (κ1) is 25.2. The second-order valence-electron chi connectivity index (χ2n) is 9.29. The van der Waals surface area contributed by atoms with Crippen molar-refractivity contribution in [3.8, 4) is 16.2 Å². The number of hydrogen-bond donors (Lipinski definition) is 1. The first-order valence-electron chi connectivity index (χ1n) is 12.5. The third kappa shape index (κ3) is 5.78. The quantitative estimate of drug-likeness (QED) is 0.188. The zero-order valence-electron chi connectivity index (χ0n) is 20.7. The molecule has 0 saturated heterocycles. The van der Waals surface area contributed by atoms with Gasteiger partial charge in [0.25, 0.3) is 0 Å². The summed E-state index contributed by atoms with van der Waals surface area (Å²) >= 11 is 2.71. The number of benzene rings is 1. The van der Waals surface area contributed by atoms with E-state index in [-0.39, 0.29) is 23.9 Å². The third-order valence-corrected chi connectivity index (χ3v) is 8.96. The summed E-state index contributed by atoms with van der Waals surface area (Å²) in [4.78, 5) is 35.7. The molecule has 5 rings (SSSR count). The topological polar surface area (TPSA) is 79.6 Å². The molecule has 0 fully saturated rings. The summed E-state index contributed by atoms with van der Waals surface area (Å²) < 4.78 is 0. The summed E-state index contributed by atoms with van der Waals surface area (Å²) in [6.45, 7) is 1.79. The molecule has 1 aliphatic rings. The molecule has 0 amide bonds. The number of thiophene rings is 2. The molecule has 0 spiro atoms. The van der Waals surface area contributed by atoms with E-state index in [4.69, 9.17) is 0 Å². The van der Waals surface area contributed by atoms with Gasteiger partial charge in [-0.05, 0) is 91.6 Å². The Morgan fingerprint density at radius 2 is 1.70 bits per heavy atom. The van der Waals surface area contributed by atoms with Crippen molar-refractivity contribution in [2.75, 3.05) is 6.54 Å². The van der Waals surface area contributed by atoms with E-state index in [1.165, 1.54) is 46.6 Å². The van der Waals surface area contributed by atoms with Gasteiger partial charge in [0.05, 0.1) is 14.6 Å². The van der Waals surface area contributed by atoms with Crippen LogP contribution in [0.25, 0.3) is 10.4 Å². The number of carbonyl (C=O) groups is 2. The standard InChI is InChI=1S/C30H28N2O3S2/c1-19(24-18-36-30(29(24)35)23-8-7-21-4-2-3-5-22(21)16-23)32-17-26(34)28-11-10-27(37-28)25(33)9-6-20-12-14-31-15-13-20/h7-8,10-16,18,35H,2-6,9,17H2,1H3. The Morgan fingerprint density at radius 1 is 0.973 bits per heavy atom. The molecular weight excluding hydrogens is 500 g/mol. The zero-order chi connectivity index (χ0) is 25.8. The first-order valence-corrected chi connectivity index (χ1v) is 14.2. The SMILES string of the molecule is CC(=NCC(=O)c1ccc(C(=O)CCc2ccncc2)s1)c1csc(-c2ccc3c(c2)CCCC3)c1O. The fraction of sp³-hybridized carbons (Fsp3) is 0.267. The maximum atomic E-state index is 12.8. The van der Waals surface area contributed by atoms with Crippen LogP contribution in [0.4, 0.5) is 0 Å². The van der Waals surface area contributed by atoms with Crippen LogP contribution >= 0.6 is 22.7 Å². The van der Waals surface area contributed by atoms with Gasteiger partial charge in [0.2, 0.25) is 0 Å². The third-order valence-electron chi connectivity index (χ3n) is 6.77. The first-order chi connectivity index (χ1) is 18.0. The van der Waals surface area contributed by atoms with E-state index in [0.717, 1.165) is 28.8 Å². The summed E-state index contributed by atoms with van der Waals surface area (Å²) in [5.74, 6) is 0.105. The van der Waals surface area contributed by atoms with E-state index in [9.17, 15) is 14.7 Å². The molecule has 0 saturated carbocycles. The Bertz CT molecular complexity index is 1470. The minimum absolute atomic E-state index is 0.0263. The van der Waals surface area contributed by atoms with Crippen molar-refractivity contribution in [2.45, 2.75) is 45.4 Å². The maximum Gasteiger partial charge on any atom is 0.194 e. The van der Waals surface area contributed by atoms with Crippen molar-refractivity contribution in [3.63, 3.8) is 0 Å². The van der Waals surface area contributed by atoms with Gasteiger partial charge in [-0.1, -0.05) is 12.1 Å². The number of nitrogens with zero attached hydrogens (tertiary/aromatic N) is 2. The van der Waals surface area contributed by atoms with Crippen LogP contribution in [-0.4, -0.2) is 33.9 Å². The minimum Gasteiger partial charge on any atom is -0.506 e. The van der Waals surface area contributed by atoms with E-state index < -0.39 is 0 Å². The lowest BCUT2D eigenvalue weighted by Gasteiger charge is -2.16. The normalized spacial score (nSPS) is 13.4. The predicted octanol–water partition coefficient (Wildman–Crippen LogP) is 6.96. The molecule has 7 heteroatoms. The second-order valence-corrected chi connectivity index (χ2v) is 11.2. The smallest absolute Gasteiger partial charge is 0.194 e. The molecule has 0 atom stereocenters. The second kappa shape index (κ2) is 11.3. The van der Waals surface area contributed by atoms with E-state index >= 15 is 0 Å². The Kier molecular flexibility index (Phi) is 7.72. The highest BCUT2D eigenvalue weighted by molar-refractivity contribution is 7.16. The van der Waals surface area contributed by atoms with Crippen molar-refractivity contribution >= 4 is 40.0 Å². The molecule has 0 radical (unpaired) electrons. The van der Waals surface area contributed by atoms with Gasteiger partial charge in [-0.25, -0.2) is 0 Å². The highest BCUT2D eigenvalue weighted by Gasteiger charge is 2.18. The van der Waals surface area contributed by atoms with Gasteiger partial charge >= 0.3 is 0 Å². The molecule has 188 valence electrons. The molecule has 1 aliphatic carbocycles. The monoisotopic (exact) mass is 528 g/mol. The van der Waals surface area contributed by atoms with Gasteiger partial charge in [0, 0.05) is 35.5 Å². The molecule has 3 heterocycles. The zero-order valence-corrected chi connectivity index (χ0v) is 22.3. The van der Waals surface area contributed by atoms with Gasteiger partial charge in [-0.15, -0.1) is 22.7 Å². The summed E-state index contributed by atoms with van der Waals surface area (Å²) in [7, 11) is 0. The van der Waals surface area contributed by atoms with Crippen molar-refractivity contribution in [3.05, 3.63) is 92.2 Å². The van der Waals surface area contributed by atoms with Crippen LogP contribution in [0.15, 0.2) is 65.2 Å². The fourth-order valence-electron chi connectivity index (χ4n) is 4.61. The number of fused-ring (bicyclic) bond motifs is 1. The number of carbonyl (C=O) groups excluding carboxylic acids is 2. The van der Waals surface area contributed by atoms with Crippen LogP contribution < -0.4 is 0 Å². The highest BCUT2D eigenvalue weighted by atomic mass is 32.1. The molecule has 4 aromatic rings. The number of aromatic nitrogens is 1. The van der Waals surface area contributed by atoms with E-state index in [1.54, 1.807) is 24.5 Å². The van der Waals surface area contributed by atoms with Crippen LogP contribution in [0.1, 0.15) is 67.8 Å². The number of Topliss-reactive ketones (excluding diaryl/α,β-unsaturated/α-hetero) is 2. The molecule has 1 aromatic carbocycles. The van der Waals surface area contributed by atoms with Gasteiger partial charge in [-0.3, -0.25) is 19.6 Å². The Balaban J connectivity index is 1.23. The molecule has 0 unspecified atom stereocenters. The summed E-state index contributed by atoms with van der Waals surface area (Å²) in [6, 6.07) is 13.7. The minimum atomic E-state index is -0.137. The average Bonchev–Trinajstić information content (AvgIpc) is 3.58. The summed E-state index contributed by atoms with van der Waals surface area (Å²) in [5.41, 5.74) is 6.15. The largest absolute Gasteiger partial charge is 0.506 e. The number of rotatable bonds is 9. The van der Waals surface area contributed by atoms with Crippen LogP contribution in [0, 0.1) is 0 Å². The van der Waals surface area contributed by atoms with E-state index in [0.29, 0.717) is 33.9 Å². The molecular formula is C30H28N2O3S2. The van der Waals surface area contributed by atoms with Crippen LogP contribution in [0.3, 0.4) is 0 Å². The average molecular weight is 529 g/mol. The highest BCUT2D eigenvalue weighted by Crippen LogP contribution is 2.40. The lowest BCUT2D eigenvalue weighted by Crippen LogP contribution is -2.04. The number of ketones is 2. The Labute approximate surface area is 224 Å². The van der Waals surface area contributed by atoms with Crippen molar-refractivity contribution in [2.24, 2.45) is 4.99 Å². The lowest BCUT2D eigenvalue weighted by atomic mass is 9.90. The van der Waals surface area contributed by atoms with Gasteiger partial charge in [0.15, 0.2) is 11.6 Å². The van der Waals surface area contributed by atoms with Crippen molar-refractivity contribution < 1.29 is 14.7 Å². The van der Waals surface area contributed by atoms with Crippen LogP contribution in [0.5, 0.6) is 5.75 Å². The van der Waals surface area contributed by atoms with Crippen LogP contribution in [-0.2, 0) is 19.3 Å². The van der Waals surface area contributed by atoms with E-state index in [1.807, 2.05) is 24.4 Å². The Morgan fingerprint density at radius 3 is 2.49 bits per heavy atom. The molecule has 0 aliphatic heterocycles. The number of aliphatic imine (C=N–C) groups is 1. The molecule has 0 bridgehead atoms. The molecule has 37 heavy (non-hydrogen) atoms. The lowest BCUT2D eigenvalue weighted by molar-refractivity contribution is 0.0984. The molecule has 3 aromatic heterocycles. The van der Waals surface area contributed by atoms with Gasteiger partial charge < -0.3 is 5.11 Å². The molecule has 1 N–H and O–H groups in total.